The summed E-state index contributed by atoms with van der Waals surface area (Å²) in [6, 6.07) is 10.4. The summed E-state index contributed by atoms with van der Waals surface area (Å²) in [5.41, 5.74) is 6.31. The van der Waals surface area contributed by atoms with Crippen LogP contribution in [0.4, 0.5) is 10.1 Å². The van der Waals surface area contributed by atoms with Crippen LogP contribution in [0.25, 0.3) is 0 Å². The van der Waals surface area contributed by atoms with Gasteiger partial charge >= 0.3 is 0 Å². The van der Waals surface area contributed by atoms with E-state index in [2.05, 4.69) is 0 Å². The van der Waals surface area contributed by atoms with Gasteiger partial charge in [0.05, 0.1) is 10.6 Å². The molecule has 2 aromatic rings. The fraction of sp³-hybridized carbons (Fsp3) is 0. The lowest BCUT2D eigenvalue weighted by Gasteiger charge is -2.09. The third-order valence-corrected chi connectivity index (χ3v) is 2.53. The van der Waals surface area contributed by atoms with Crippen molar-refractivity contribution in [1.82, 2.24) is 0 Å². The normalized spacial score (nSPS) is 9.83. The number of nitrogens with two attached hydrogens (primary N) is 1. The lowest BCUT2D eigenvalue weighted by molar-refractivity contribution is 0.479. The zero-order valence-electron chi connectivity index (χ0n) is 9.15. The molecule has 2 N–H and O–H groups in total. The number of nitrogens with zero attached hydrogens (tertiary/aromatic N) is 1. The van der Waals surface area contributed by atoms with Crippen molar-refractivity contribution in [3.05, 3.63) is 52.8 Å². The summed E-state index contributed by atoms with van der Waals surface area (Å²) in [6.45, 7) is 0. The van der Waals surface area contributed by atoms with Gasteiger partial charge < -0.3 is 10.5 Å². The average Bonchev–Trinajstić information content (AvgIpc) is 2.34. The predicted molar refractivity (Wildman–Crippen MR) is 67.1 cm³/mol. The summed E-state index contributed by atoms with van der Waals surface area (Å²) >= 11 is 5.83. The van der Waals surface area contributed by atoms with Crippen LogP contribution < -0.4 is 10.5 Å². The minimum atomic E-state index is -0.454. The Balaban J connectivity index is 2.37. The fourth-order valence-electron chi connectivity index (χ4n) is 1.40. The second kappa shape index (κ2) is 4.94. The predicted octanol–water partition coefficient (Wildman–Crippen LogP) is 3.73. The third-order valence-electron chi connectivity index (χ3n) is 2.24. The van der Waals surface area contributed by atoms with Crippen LogP contribution in [-0.2, 0) is 0 Å². The molecule has 0 aliphatic rings. The summed E-state index contributed by atoms with van der Waals surface area (Å²) in [6.07, 6.45) is 0. The SMILES string of the molecule is N#Cc1cc(N)ccc1Oc1ccc(F)cc1Cl. The Bertz CT molecular complexity index is 637. The second-order valence-electron chi connectivity index (χ2n) is 3.54. The maximum absolute atomic E-state index is 12.9. The summed E-state index contributed by atoms with van der Waals surface area (Å²) < 4.78 is 18.3. The average molecular weight is 263 g/mol. The monoisotopic (exact) mass is 262 g/mol. The molecule has 0 spiro atoms. The van der Waals surface area contributed by atoms with E-state index in [9.17, 15) is 4.39 Å². The topological polar surface area (TPSA) is 59.0 Å². The van der Waals surface area contributed by atoms with Gasteiger partial charge in [0.25, 0.3) is 0 Å². The lowest BCUT2D eigenvalue weighted by Crippen LogP contribution is -1.92. The largest absolute Gasteiger partial charge is 0.454 e. The Morgan fingerprint density at radius 2 is 1.89 bits per heavy atom. The first-order valence-electron chi connectivity index (χ1n) is 5.02. The Labute approximate surface area is 108 Å². The van der Waals surface area contributed by atoms with Crippen LogP contribution in [0, 0.1) is 17.1 Å². The van der Waals surface area contributed by atoms with Crippen molar-refractivity contribution >= 4 is 17.3 Å². The minimum absolute atomic E-state index is 0.135. The van der Waals surface area contributed by atoms with Gasteiger partial charge in [-0.05, 0) is 36.4 Å². The smallest absolute Gasteiger partial charge is 0.146 e. The highest BCUT2D eigenvalue weighted by Gasteiger charge is 2.08. The first-order chi connectivity index (χ1) is 8.60. The Kier molecular flexibility index (Phi) is 3.35. The van der Waals surface area contributed by atoms with Gasteiger partial charge in [-0.2, -0.15) is 5.26 Å². The standard InChI is InChI=1S/C13H8ClFN2O/c14-11-6-9(15)1-3-13(11)18-12-4-2-10(17)5-8(12)7-16/h1-6H,17H2. The van der Waals surface area contributed by atoms with Gasteiger partial charge in [0.2, 0.25) is 0 Å². The molecule has 0 aliphatic carbocycles. The molecule has 0 saturated heterocycles. The van der Waals surface area contributed by atoms with Crippen molar-refractivity contribution < 1.29 is 9.13 Å². The Hall–Kier alpha value is -2.25. The molecule has 0 amide bonds. The van der Waals surface area contributed by atoms with Gasteiger partial charge in [0.1, 0.15) is 23.4 Å². The van der Waals surface area contributed by atoms with Crippen molar-refractivity contribution in [3.63, 3.8) is 0 Å². The molecule has 0 radical (unpaired) electrons. The number of hydrogen-bond acceptors (Lipinski definition) is 3. The zero-order chi connectivity index (χ0) is 13.1. The molecule has 0 aromatic heterocycles. The molecular weight excluding hydrogens is 255 g/mol. The maximum Gasteiger partial charge on any atom is 0.146 e. The van der Waals surface area contributed by atoms with E-state index in [1.165, 1.54) is 18.2 Å². The number of nitrogen functional groups attached to an aromatic ring is 1. The maximum atomic E-state index is 12.9. The second-order valence-corrected chi connectivity index (χ2v) is 3.95. The van der Waals surface area contributed by atoms with Gasteiger partial charge in [-0.3, -0.25) is 0 Å². The molecule has 18 heavy (non-hydrogen) atoms. The molecule has 3 nitrogen and oxygen atoms in total. The molecule has 0 atom stereocenters. The fourth-order valence-corrected chi connectivity index (χ4v) is 1.61. The van der Waals surface area contributed by atoms with E-state index in [1.54, 1.807) is 12.1 Å². The molecule has 0 bridgehead atoms. The van der Waals surface area contributed by atoms with Crippen molar-refractivity contribution in [2.75, 3.05) is 5.73 Å². The molecule has 0 fully saturated rings. The number of hydrogen-bond donors (Lipinski definition) is 1. The highest BCUT2D eigenvalue weighted by Crippen LogP contribution is 2.32. The highest BCUT2D eigenvalue weighted by molar-refractivity contribution is 6.32. The van der Waals surface area contributed by atoms with Crippen LogP contribution in [0.5, 0.6) is 11.5 Å². The molecular formula is C13H8ClFN2O. The number of halogens is 2. The number of anilines is 1. The number of rotatable bonds is 2. The number of nitriles is 1. The van der Waals surface area contributed by atoms with Crippen LogP contribution in [0.1, 0.15) is 5.56 Å². The third kappa shape index (κ3) is 2.53. The molecule has 5 heteroatoms. The van der Waals surface area contributed by atoms with Gasteiger partial charge in [0, 0.05) is 5.69 Å². The molecule has 0 saturated carbocycles. The zero-order valence-corrected chi connectivity index (χ0v) is 9.91. The van der Waals surface area contributed by atoms with E-state index in [-0.39, 0.29) is 16.3 Å². The first-order valence-corrected chi connectivity index (χ1v) is 5.40. The number of ether oxygens (including phenoxy) is 1. The van der Waals surface area contributed by atoms with Gasteiger partial charge in [-0.15, -0.1) is 0 Å². The van der Waals surface area contributed by atoms with Crippen molar-refractivity contribution in [1.29, 1.82) is 5.26 Å². The van der Waals surface area contributed by atoms with Gasteiger partial charge in [-0.25, -0.2) is 4.39 Å². The molecule has 90 valence electrons. The first kappa shape index (κ1) is 12.2. The van der Waals surface area contributed by atoms with Crippen LogP contribution in [0.2, 0.25) is 5.02 Å². The minimum Gasteiger partial charge on any atom is -0.454 e. The van der Waals surface area contributed by atoms with E-state index in [1.807, 2.05) is 6.07 Å². The van der Waals surface area contributed by atoms with Crippen molar-refractivity contribution in [2.45, 2.75) is 0 Å². The molecule has 2 aromatic carbocycles. The molecule has 0 aliphatic heterocycles. The van der Waals surface area contributed by atoms with E-state index in [4.69, 9.17) is 27.3 Å². The molecule has 2 rings (SSSR count). The van der Waals surface area contributed by atoms with Crippen LogP contribution in [0.15, 0.2) is 36.4 Å². The quantitative estimate of drug-likeness (QED) is 0.839. The Morgan fingerprint density at radius 3 is 2.56 bits per heavy atom. The van der Waals surface area contributed by atoms with Crippen molar-refractivity contribution in [3.8, 4) is 17.6 Å². The van der Waals surface area contributed by atoms with E-state index >= 15 is 0 Å². The van der Waals surface area contributed by atoms with Gasteiger partial charge in [-0.1, -0.05) is 11.6 Å². The summed E-state index contributed by atoms with van der Waals surface area (Å²) in [5, 5.41) is 9.09. The van der Waals surface area contributed by atoms with E-state index < -0.39 is 5.82 Å². The summed E-state index contributed by atoms with van der Waals surface area (Å²) in [4.78, 5) is 0. The lowest BCUT2D eigenvalue weighted by atomic mass is 10.2. The van der Waals surface area contributed by atoms with Crippen molar-refractivity contribution in [2.24, 2.45) is 0 Å². The highest BCUT2D eigenvalue weighted by atomic mass is 35.5. The van der Waals surface area contributed by atoms with E-state index in [0.29, 0.717) is 11.4 Å². The Morgan fingerprint density at radius 1 is 1.17 bits per heavy atom. The summed E-state index contributed by atoms with van der Waals surface area (Å²) in [5.74, 6) is 0.143. The molecule has 0 unspecified atom stereocenters. The van der Waals surface area contributed by atoms with Crippen LogP contribution >= 0.6 is 11.6 Å². The molecule has 0 heterocycles. The van der Waals surface area contributed by atoms with Gasteiger partial charge in [0.15, 0.2) is 0 Å². The van der Waals surface area contributed by atoms with Crippen LogP contribution in [-0.4, -0.2) is 0 Å². The number of benzene rings is 2. The van der Waals surface area contributed by atoms with E-state index in [0.717, 1.165) is 6.07 Å². The van der Waals surface area contributed by atoms with Crippen LogP contribution in [0.3, 0.4) is 0 Å². The summed E-state index contributed by atoms with van der Waals surface area (Å²) in [7, 11) is 0.